The molecule has 0 aliphatic rings. The summed E-state index contributed by atoms with van der Waals surface area (Å²) in [5, 5.41) is 21.2. The third kappa shape index (κ3) is 3.58. The zero-order valence-corrected chi connectivity index (χ0v) is 10.4. The van der Waals surface area contributed by atoms with Gasteiger partial charge in [0.25, 0.3) is 0 Å². The van der Waals surface area contributed by atoms with Gasteiger partial charge in [0, 0.05) is 17.0 Å². The van der Waals surface area contributed by atoms with Gasteiger partial charge in [-0.25, -0.2) is 0 Å². The smallest absolute Gasteiger partial charge is 0.216 e. The molecule has 3 N–H and O–H groups in total. The quantitative estimate of drug-likeness (QED) is 0.582. The highest BCUT2D eigenvalue weighted by Gasteiger charge is 2.06. The van der Waals surface area contributed by atoms with Gasteiger partial charge in [-0.3, -0.25) is 4.79 Å². The summed E-state index contributed by atoms with van der Waals surface area (Å²) >= 11 is 2.08. The Hall–Kier alpha value is -0.980. The monoisotopic (exact) mass is 321 g/mol. The first-order valence-electron chi connectivity index (χ1n) is 4.45. The first kappa shape index (κ1) is 12.1. The lowest BCUT2D eigenvalue weighted by Gasteiger charge is -2.07. The fourth-order valence-corrected chi connectivity index (χ4v) is 1.88. The van der Waals surface area contributed by atoms with Crippen LogP contribution in [-0.4, -0.2) is 22.7 Å². The minimum Gasteiger partial charge on any atom is -0.504 e. The van der Waals surface area contributed by atoms with E-state index in [0.717, 1.165) is 9.13 Å². The average Bonchev–Trinajstić information content (AvgIpc) is 2.13. The Bertz CT molecular complexity index is 379. The molecule has 15 heavy (non-hydrogen) atoms. The standard InChI is InChI=1S/C10H12INO3/c1-6(13)12-3-2-7-4-9(14)10(15)5-8(7)11/h4-5,14-15H,2-3H2,1H3,(H,12,13). The molecule has 0 fully saturated rings. The highest BCUT2D eigenvalue weighted by Crippen LogP contribution is 2.29. The van der Waals surface area contributed by atoms with Crippen molar-refractivity contribution < 1.29 is 15.0 Å². The molecule has 0 saturated heterocycles. The summed E-state index contributed by atoms with van der Waals surface area (Å²) in [6.07, 6.45) is 0.631. The lowest BCUT2D eigenvalue weighted by Crippen LogP contribution is -2.22. The molecule has 0 aliphatic heterocycles. The highest BCUT2D eigenvalue weighted by molar-refractivity contribution is 14.1. The van der Waals surface area contributed by atoms with Crippen LogP contribution in [0.4, 0.5) is 0 Å². The van der Waals surface area contributed by atoms with Gasteiger partial charge in [-0.1, -0.05) is 0 Å². The molecule has 1 aromatic rings. The zero-order chi connectivity index (χ0) is 11.4. The molecule has 0 unspecified atom stereocenters. The van der Waals surface area contributed by atoms with Crippen molar-refractivity contribution in [2.75, 3.05) is 6.54 Å². The van der Waals surface area contributed by atoms with E-state index in [1.807, 2.05) is 0 Å². The number of halogens is 1. The zero-order valence-electron chi connectivity index (χ0n) is 8.25. The molecule has 1 rings (SSSR count). The Morgan fingerprint density at radius 3 is 2.60 bits per heavy atom. The maximum atomic E-state index is 10.6. The van der Waals surface area contributed by atoms with E-state index in [0.29, 0.717) is 13.0 Å². The fourth-order valence-electron chi connectivity index (χ4n) is 1.16. The van der Waals surface area contributed by atoms with Gasteiger partial charge in [0.2, 0.25) is 5.91 Å². The molecule has 0 spiro atoms. The fraction of sp³-hybridized carbons (Fsp3) is 0.300. The number of benzene rings is 1. The summed E-state index contributed by atoms with van der Waals surface area (Å²) in [5.74, 6) is -0.330. The van der Waals surface area contributed by atoms with Crippen molar-refractivity contribution in [2.24, 2.45) is 0 Å². The number of phenols is 2. The average molecular weight is 321 g/mol. The van der Waals surface area contributed by atoms with Crippen LogP contribution in [0.3, 0.4) is 0 Å². The number of rotatable bonds is 3. The van der Waals surface area contributed by atoms with Crippen molar-refractivity contribution >= 4 is 28.5 Å². The van der Waals surface area contributed by atoms with Gasteiger partial charge in [-0.15, -0.1) is 0 Å². The van der Waals surface area contributed by atoms with Gasteiger partial charge in [0.05, 0.1) is 0 Å². The molecule has 4 nitrogen and oxygen atoms in total. The predicted octanol–water partition coefficient (Wildman–Crippen LogP) is 1.38. The molecular weight excluding hydrogens is 309 g/mol. The topological polar surface area (TPSA) is 69.6 Å². The third-order valence-corrected chi connectivity index (χ3v) is 2.92. The highest BCUT2D eigenvalue weighted by atomic mass is 127. The Morgan fingerprint density at radius 2 is 2.00 bits per heavy atom. The SMILES string of the molecule is CC(=O)NCCc1cc(O)c(O)cc1I. The van der Waals surface area contributed by atoms with Crippen LogP contribution in [0.25, 0.3) is 0 Å². The number of aromatic hydroxyl groups is 2. The van der Waals surface area contributed by atoms with Gasteiger partial charge in [0.15, 0.2) is 11.5 Å². The summed E-state index contributed by atoms with van der Waals surface area (Å²) in [5.41, 5.74) is 0.902. The third-order valence-electron chi connectivity index (χ3n) is 1.91. The minimum atomic E-state index is -0.131. The van der Waals surface area contributed by atoms with Gasteiger partial charge < -0.3 is 15.5 Å². The van der Waals surface area contributed by atoms with E-state index >= 15 is 0 Å². The largest absolute Gasteiger partial charge is 0.504 e. The van der Waals surface area contributed by atoms with E-state index < -0.39 is 0 Å². The maximum absolute atomic E-state index is 10.6. The minimum absolute atomic E-state index is 0.0759. The van der Waals surface area contributed by atoms with E-state index in [1.54, 1.807) is 0 Å². The molecular formula is C10H12INO3. The summed E-state index contributed by atoms with van der Waals surface area (Å²) in [6, 6.07) is 3.01. The van der Waals surface area contributed by atoms with Crippen LogP contribution in [0.1, 0.15) is 12.5 Å². The number of carbonyl (C=O) groups excluding carboxylic acids is 1. The number of carbonyl (C=O) groups is 1. The maximum Gasteiger partial charge on any atom is 0.216 e. The number of nitrogens with one attached hydrogen (secondary N) is 1. The molecule has 0 bridgehead atoms. The second-order valence-electron chi connectivity index (χ2n) is 3.17. The number of amides is 1. The number of hydrogen-bond acceptors (Lipinski definition) is 3. The van der Waals surface area contributed by atoms with Crippen LogP contribution >= 0.6 is 22.6 Å². The van der Waals surface area contributed by atoms with E-state index in [9.17, 15) is 15.0 Å². The molecule has 0 radical (unpaired) electrons. The summed E-state index contributed by atoms with van der Waals surface area (Å²) < 4.78 is 0.869. The first-order chi connectivity index (χ1) is 7.00. The van der Waals surface area contributed by atoms with Crippen LogP contribution < -0.4 is 5.32 Å². The van der Waals surface area contributed by atoms with Crippen LogP contribution in [0.5, 0.6) is 11.5 Å². The van der Waals surface area contributed by atoms with E-state index in [-0.39, 0.29) is 17.4 Å². The number of hydrogen-bond donors (Lipinski definition) is 3. The predicted molar refractivity (Wildman–Crippen MR) is 64.9 cm³/mol. The van der Waals surface area contributed by atoms with Crippen LogP contribution in [0, 0.1) is 3.57 Å². The molecule has 5 heteroatoms. The molecule has 0 heterocycles. The van der Waals surface area contributed by atoms with Crippen molar-refractivity contribution in [2.45, 2.75) is 13.3 Å². The Labute approximate surface area is 101 Å². The summed E-state index contributed by atoms with van der Waals surface area (Å²) in [4.78, 5) is 10.6. The number of phenolic OH excluding ortho intramolecular Hbond substituents is 2. The molecule has 1 amide bonds. The van der Waals surface area contributed by atoms with Crippen molar-refractivity contribution in [3.05, 3.63) is 21.3 Å². The van der Waals surface area contributed by atoms with Crippen molar-refractivity contribution in [3.8, 4) is 11.5 Å². The second kappa shape index (κ2) is 5.20. The molecule has 1 aromatic carbocycles. The lowest BCUT2D eigenvalue weighted by atomic mass is 10.1. The molecule has 0 atom stereocenters. The van der Waals surface area contributed by atoms with Gasteiger partial charge in [-0.2, -0.15) is 0 Å². The normalized spacial score (nSPS) is 10.0. The summed E-state index contributed by atoms with van der Waals surface area (Å²) in [7, 11) is 0. The van der Waals surface area contributed by atoms with E-state index in [1.165, 1.54) is 19.1 Å². The second-order valence-corrected chi connectivity index (χ2v) is 4.33. The van der Waals surface area contributed by atoms with Crippen molar-refractivity contribution in [3.63, 3.8) is 0 Å². The molecule has 0 aromatic heterocycles. The van der Waals surface area contributed by atoms with Gasteiger partial charge >= 0.3 is 0 Å². The van der Waals surface area contributed by atoms with Gasteiger partial charge in [-0.05, 0) is 46.7 Å². The molecule has 0 saturated carbocycles. The first-order valence-corrected chi connectivity index (χ1v) is 5.53. The Balaban J connectivity index is 2.69. The van der Waals surface area contributed by atoms with E-state index in [4.69, 9.17) is 0 Å². The van der Waals surface area contributed by atoms with Crippen molar-refractivity contribution in [1.29, 1.82) is 0 Å². The van der Waals surface area contributed by atoms with Crippen LogP contribution in [-0.2, 0) is 11.2 Å². The van der Waals surface area contributed by atoms with Gasteiger partial charge in [0.1, 0.15) is 0 Å². The Kier molecular flexibility index (Phi) is 4.19. The molecule has 82 valence electrons. The molecule has 0 aliphatic carbocycles. The van der Waals surface area contributed by atoms with E-state index in [2.05, 4.69) is 27.9 Å². The van der Waals surface area contributed by atoms with Crippen molar-refractivity contribution in [1.82, 2.24) is 5.32 Å². The van der Waals surface area contributed by atoms with Crippen LogP contribution in [0.15, 0.2) is 12.1 Å². The summed E-state index contributed by atoms with van der Waals surface area (Å²) in [6.45, 7) is 1.98. The lowest BCUT2D eigenvalue weighted by molar-refractivity contribution is -0.118. The Morgan fingerprint density at radius 1 is 1.40 bits per heavy atom. The van der Waals surface area contributed by atoms with Crippen LogP contribution in [0.2, 0.25) is 0 Å².